The van der Waals surface area contributed by atoms with Crippen molar-refractivity contribution in [3.63, 3.8) is 0 Å². The molecule has 21 heavy (non-hydrogen) atoms. The first-order valence-corrected chi connectivity index (χ1v) is 8.25. The zero-order valence-electron chi connectivity index (χ0n) is 14.0. The molecule has 0 radical (unpaired) electrons. The maximum absolute atomic E-state index is 6.15. The molecule has 1 aliphatic carbocycles. The van der Waals surface area contributed by atoms with Gasteiger partial charge < -0.3 is 10.1 Å². The van der Waals surface area contributed by atoms with Gasteiger partial charge >= 0.3 is 0 Å². The molecule has 0 aromatic carbocycles. The molecule has 1 aromatic heterocycles. The Kier molecular flexibility index (Phi) is 5.77. The second-order valence-corrected chi connectivity index (χ2v) is 7.25. The lowest BCUT2D eigenvalue weighted by molar-refractivity contribution is -0.0327. The third-order valence-electron chi connectivity index (χ3n) is 4.23. The highest BCUT2D eigenvalue weighted by molar-refractivity contribution is 5.10. The topological polar surface area (TPSA) is 34.1 Å². The van der Waals surface area contributed by atoms with Gasteiger partial charge in [0.1, 0.15) is 0 Å². The van der Waals surface area contributed by atoms with Gasteiger partial charge in [0.2, 0.25) is 0 Å². The van der Waals surface area contributed by atoms with Crippen LogP contribution in [0.5, 0.6) is 0 Å². The number of nitrogens with zero attached hydrogens (tertiary/aromatic N) is 1. The van der Waals surface area contributed by atoms with Crippen LogP contribution >= 0.6 is 0 Å². The van der Waals surface area contributed by atoms with Crippen LogP contribution in [0.25, 0.3) is 0 Å². The minimum Gasteiger partial charge on any atom is -0.372 e. The van der Waals surface area contributed by atoms with Gasteiger partial charge in [-0.15, -0.1) is 0 Å². The Bertz CT molecular complexity index is 445. The van der Waals surface area contributed by atoms with E-state index >= 15 is 0 Å². The summed E-state index contributed by atoms with van der Waals surface area (Å²) in [6.07, 6.45) is 4.03. The van der Waals surface area contributed by atoms with Gasteiger partial charge in [-0.2, -0.15) is 0 Å². The molecule has 2 unspecified atom stereocenters. The first-order valence-electron chi connectivity index (χ1n) is 8.25. The maximum Gasteiger partial charge on any atom is 0.0891 e. The molecule has 3 heteroatoms. The fraction of sp³-hybridized carbons (Fsp3) is 0.722. The van der Waals surface area contributed by atoms with Gasteiger partial charge in [0.05, 0.1) is 24.1 Å². The van der Waals surface area contributed by atoms with E-state index < -0.39 is 0 Å². The van der Waals surface area contributed by atoms with Crippen LogP contribution in [0.2, 0.25) is 0 Å². The van der Waals surface area contributed by atoms with Crippen molar-refractivity contribution in [2.24, 2.45) is 11.3 Å². The zero-order valence-corrected chi connectivity index (χ0v) is 14.0. The van der Waals surface area contributed by atoms with Crippen LogP contribution in [-0.2, 0) is 17.9 Å². The predicted molar refractivity (Wildman–Crippen MR) is 87.0 cm³/mol. The Morgan fingerprint density at radius 3 is 2.76 bits per heavy atom. The summed E-state index contributed by atoms with van der Waals surface area (Å²) in [5.41, 5.74) is 2.54. The van der Waals surface area contributed by atoms with E-state index in [2.05, 4.69) is 56.2 Å². The van der Waals surface area contributed by atoms with Gasteiger partial charge in [-0.25, -0.2) is 0 Å². The average Bonchev–Trinajstić information content (AvgIpc) is 2.41. The van der Waals surface area contributed by atoms with E-state index in [1.54, 1.807) is 0 Å². The smallest absolute Gasteiger partial charge is 0.0891 e. The van der Waals surface area contributed by atoms with Crippen LogP contribution in [-0.4, -0.2) is 17.6 Å². The van der Waals surface area contributed by atoms with Crippen molar-refractivity contribution in [3.8, 4) is 0 Å². The molecule has 1 aromatic rings. The normalized spacial score (nSPS) is 25.0. The Balaban J connectivity index is 1.87. The molecular weight excluding hydrogens is 260 g/mol. The van der Waals surface area contributed by atoms with Gasteiger partial charge in [0.25, 0.3) is 0 Å². The van der Waals surface area contributed by atoms with E-state index in [0.717, 1.165) is 36.8 Å². The first-order chi connectivity index (χ1) is 9.98. The zero-order chi connectivity index (χ0) is 15.3. The fourth-order valence-electron chi connectivity index (χ4n) is 3.55. The maximum atomic E-state index is 6.15. The van der Waals surface area contributed by atoms with E-state index in [1.807, 2.05) is 0 Å². The summed E-state index contributed by atoms with van der Waals surface area (Å²) >= 11 is 0. The molecular formula is C18H30N2O. The Morgan fingerprint density at radius 2 is 2.05 bits per heavy atom. The molecule has 0 amide bonds. The monoisotopic (exact) mass is 290 g/mol. The molecule has 3 nitrogen and oxygen atoms in total. The summed E-state index contributed by atoms with van der Waals surface area (Å²) in [6, 6.07) is 6.20. The minimum absolute atomic E-state index is 0.378. The van der Waals surface area contributed by atoms with Crippen LogP contribution in [0, 0.1) is 11.3 Å². The summed E-state index contributed by atoms with van der Waals surface area (Å²) < 4.78 is 6.15. The molecule has 2 atom stereocenters. The summed E-state index contributed by atoms with van der Waals surface area (Å²) in [5.74, 6) is 0.756. The first kappa shape index (κ1) is 16.4. The van der Waals surface area contributed by atoms with Crippen molar-refractivity contribution in [1.82, 2.24) is 10.3 Å². The van der Waals surface area contributed by atoms with Crippen LogP contribution in [0.15, 0.2) is 18.2 Å². The number of aromatic nitrogens is 1. The van der Waals surface area contributed by atoms with Gasteiger partial charge in [-0.3, -0.25) is 4.98 Å². The van der Waals surface area contributed by atoms with E-state index in [4.69, 9.17) is 4.74 Å². The SMILES string of the molecule is CCNCc1cccc(COC2CC(C)CC(C)(C)C2)n1. The fourth-order valence-corrected chi connectivity index (χ4v) is 3.55. The van der Waals surface area contributed by atoms with Crippen molar-refractivity contribution < 1.29 is 4.74 Å². The second-order valence-electron chi connectivity index (χ2n) is 7.25. The number of hydrogen-bond donors (Lipinski definition) is 1. The van der Waals surface area contributed by atoms with Crippen LogP contribution in [0.4, 0.5) is 0 Å². The lowest BCUT2D eigenvalue weighted by Crippen LogP contribution is -2.32. The molecule has 1 aliphatic rings. The lowest BCUT2D eigenvalue weighted by atomic mass is 9.71. The molecule has 118 valence electrons. The summed E-state index contributed by atoms with van der Waals surface area (Å²) in [7, 11) is 0. The standard InChI is InChI=1S/C18H30N2O/c1-5-19-12-15-7-6-8-16(20-15)13-21-17-9-14(2)10-18(3,4)11-17/h6-8,14,17,19H,5,9-13H2,1-4H3. The largest absolute Gasteiger partial charge is 0.372 e. The van der Waals surface area contributed by atoms with Crippen molar-refractivity contribution in [2.45, 2.75) is 66.2 Å². The quantitative estimate of drug-likeness (QED) is 0.862. The average molecular weight is 290 g/mol. The third kappa shape index (κ3) is 5.40. The highest BCUT2D eigenvalue weighted by Crippen LogP contribution is 2.39. The lowest BCUT2D eigenvalue weighted by Gasteiger charge is -2.38. The van der Waals surface area contributed by atoms with Gasteiger partial charge in [0, 0.05) is 6.54 Å². The molecule has 1 N–H and O–H groups in total. The van der Waals surface area contributed by atoms with Gasteiger partial charge in [0.15, 0.2) is 0 Å². The molecule has 0 aliphatic heterocycles. The van der Waals surface area contributed by atoms with E-state index in [9.17, 15) is 0 Å². The Hall–Kier alpha value is -0.930. The predicted octanol–water partition coefficient (Wildman–Crippen LogP) is 3.92. The van der Waals surface area contributed by atoms with Crippen LogP contribution in [0.3, 0.4) is 0 Å². The molecule has 0 bridgehead atoms. The summed E-state index contributed by atoms with van der Waals surface area (Å²) in [4.78, 5) is 4.66. The number of pyridine rings is 1. The summed E-state index contributed by atoms with van der Waals surface area (Å²) in [5, 5.41) is 3.31. The molecule has 1 heterocycles. The van der Waals surface area contributed by atoms with Gasteiger partial charge in [-0.05, 0) is 49.3 Å². The Morgan fingerprint density at radius 1 is 1.29 bits per heavy atom. The molecule has 1 saturated carbocycles. The third-order valence-corrected chi connectivity index (χ3v) is 4.23. The van der Waals surface area contributed by atoms with Gasteiger partial charge in [-0.1, -0.05) is 33.8 Å². The number of nitrogens with one attached hydrogen (secondary N) is 1. The minimum atomic E-state index is 0.378. The Labute approximate surface area is 129 Å². The number of hydrogen-bond acceptors (Lipinski definition) is 3. The van der Waals surface area contributed by atoms with Crippen molar-refractivity contribution >= 4 is 0 Å². The van der Waals surface area contributed by atoms with Crippen molar-refractivity contribution in [2.75, 3.05) is 6.54 Å². The molecule has 2 rings (SSSR count). The van der Waals surface area contributed by atoms with Crippen molar-refractivity contribution in [3.05, 3.63) is 29.6 Å². The molecule has 1 fully saturated rings. The highest BCUT2D eigenvalue weighted by atomic mass is 16.5. The second kappa shape index (κ2) is 7.37. The highest BCUT2D eigenvalue weighted by Gasteiger charge is 2.32. The number of ether oxygens (including phenoxy) is 1. The van der Waals surface area contributed by atoms with E-state index in [-0.39, 0.29) is 0 Å². The van der Waals surface area contributed by atoms with E-state index in [0.29, 0.717) is 18.1 Å². The number of rotatable bonds is 6. The van der Waals surface area contributed by atoms with Crippen LogP contribution < -0.4 is 5.32 Å². The van der Waals surface area contributed by atoms with Crippen LogP contribution in [0.1, 0.15) is 58.3 Å². The summed E-state index contributed by atoms with van der Waals surface area (Å²) in [6.45, 7) is 11.6. The molecule has 0 spiro atoms. The van der Waals surface area contributed by atoms with E-state index in [1.165, 1.54) is 12.8 Å². The molecule has 0 saturated heterocycles. The van der Waals surface area contributed by atoms with Crippen molar-refractivity contribution in [1.29, 1.82) is 0 Å².